The van der Waals surface area contributed by atoms with E-state index in [0.717, 1.165) is 6.04 Å². The van der Waals surface area contributed by atoms with E-state index in [4.69, 9.17) is 0 Å². The molecule has 2 nitrogen and oxygen atoms in total. The third-order valence-electron chi connectivity index (χ3n) is 4.22. The minimum atomic E-state index is 0.600. The van der Waals surface area contributed by atoms with E-state index >= 15 is 0 Å². The Kier molecular flexibility index (Phi) is 4.04. The number of hydrogen-bond donors (Lipinski definition) is 2. The van der Waals surface area contributed by atoms with Crippen molar-refractivity contribution in [2.24, 2.45) is 5.41 Å². The van der Waals surface area contributed by atoms with E-state index in [1.807, 2.05) is 0 Å². The van der Waals surface area contributed by atoms with Gasteiger partial charge >= 0.3 is 0 Å². The van der Waals surface area contributed by atoms with Crippen LogP contribution in [0.1, 0.15) is 51.9 Å². The van der Waals surface area contributed by atoms with Crippen LogP contribution in [-0.2, 0) is 0 Å². The van der Waals surface area contributed by atoms with Crippen molar-refractivity contribution < 1.29 is 0 Å². The molecule has 2 heteroatoms. The third-order valence-corrected chi connectivity index (χ3v) is 4.22. The molecular weight excluding hydrogens is 184 g/mol. The Hall–Kier alpha value is -0.0800. The average molecular weight is 210 g/mol. The van der Waals surface area contributed by atoms with Gasteiger partial charge in [-0.15, -0.1) is 0 Å². The van der Waals surface area contributed by atoms with Gasteiger partial charge in [-0.3, -0.25) is 0 Å². The van der Waals surface area contributed by atoms with Crippen LogP contribution in [0, 0.1) is 5.41 Å². The minimum Gasteiger partial charge on any atom is -0.317 e. The molecule has 0 amide bonds. The molecule has 2 fully saturated rings. The van der Waals surface area contributed by atoms with Crippen LogP contribution >= 0.6 is 0 Å². The summed E-state index contributed by atoms with van der Waals surface area (Å²) in [6.07, 6.45) is 9.86. The Morgan fingerprint density at radius 1 is 1.13 bits per heavy atom. The molecule has 0 spiro atoms. The fraction of sp³-hybridized carbons (Fsp3) is 1.00. The first-order valence-electron chi connectivity index (χ1n) is 6.73. The highest BCUT2D eigenvalue weighted by Gasteiger charge is 2.27. The lowest BCUT2D eigenvalue weighted by molar-refractivity contribution is 0.194. The summed E-state index contributed by atoms with van der Waals surface area (Å²) in [5.74, 6) is 0. The summed E-state index contributed by atoms with van der Waals surface area (Å²) >= 11 is 0. The zero-order valence-electron chi connectivity index (χ0n) is 10.1. The summed E-state index contributed by atoms with van der Waals surface area (Å²) < 4.78 is 0. The van der Waals surface area contributed by atoms with Crippen LogP contribution in [0.15, 0.2) is 0 Å². The lowest BCUT2D eigenvalue weighted by atomic mass is 9.75. The summed E-state index contributed by atoms with van der Waals surface area (Å²) in [4.78, 5) is 0. The summed E-state index contributed by atoms with van der Waals surface area (Å²) in [7, 11) is 0. The molecule has 0 aromatic heterocycles. The van der Waals surface area contributed by atoms with Crippen LogP contribution < -0.4 is 10.6 Å². The Bertz CT molecular complexity index is 179. The normalized spacial score (nSPS) is 27.8. The molecule has 2 N–H and O–H groups in total. The van der Waals surface area contributed by atoms with Gasteiger partial charge in [0.15, 0.2) is 0 Å². The van der Waals surface area contributed by atoms with Crippen molar-refractivity contribution >= 4 is 0 Å². The van der Waals surface area contributed by atoms with E-state index in [1.165, 1.54) is 64.6 Å². The molecule has 1 saturated carbocycles. The second kappa shape index (κ2) is 5.31. The van der Waals surface area contributed by atoms with E-state index in [-0.39, 0.29) is 0 Å². The Morgan fingerprint density at radius 2 is 1.80 bits per heavy atom. The van der Waals surface area contributed by atoms with E-state index in [1.54, 1.807) is 0 Å². The molecule has 1 aliphatic carbocycles. The zero-order chi connectivity index (χ0) is 10.6. The highest BCUT2D eigenvalue weighted by Crippen LogP contribution is 2.35. The quantitative estimate of drug-likeness (QED) is 0.747. The monoisotopic (exact) mass is 210 g/mol. The van der Waals surface area contributed by atoms with Gasteiger partial charge in [-0.2, -0.15) is 0 Å². The van der Waals surface area contributed by atoms with Gasteiger partial charge in [0.2, 0.25) is 0 Å². The fourth-order valence-corrected chi connectivity index (χ4v) is 3.00. The smallest absolute Gasteiger partial charge is 0.00914 e. The number of nitrogens with one attached hydrogen (secondary N) is 2. The molecule has 0 radical (unpaired) electrons. The maximum Gasteiger partial charge on any atom is 0.00914 e. The molecule has 88 valence electrons. The molecule has 0 aromatic rings. The Labute approximate surface area is 94.2 Å². The van der Waals surface area contributed by atoms with E-state index in [0.29, 0.717) is 5.41 Å². The predicted molar refractivity (Wildman–Crippen MR) is 65.1 cm³/mol. The first kappa shape index (κ1) is 11.4. The Balaban J connectivity index is 1.70. The lowest BCUT2D eigenvalue weighted by Gasteiger charge is -2.36. The molecule has 15 heavy (non-hydrogen) atoms. The minimum absolute atomic E-state index is 0.600. The molecule has 1 heterocycles. The average Bonchev–Trinajstić information content (AvgIpc) is 2.29. The summed E-state index contributed by atoms with van der Waals surface area (Å²) in [5, 5.41) is 7.21. The first-order chi connectivity index (χ1) is 7.29. The van der Waals surface area contributed by atoms with Crippen LogP contribution in [0.3, 0.4) is 0 Å². The van der Waals surface area contributed by atoms with E-state index in [2.05, 4.69) is 17.6 Å². The van der Waals surface area contributed by atoms with Gasteiger partial charge in [0.05, 0.1) is 0 Å². The molecule has 1 aliphatic heterocycles. The molecule has 2 aliphatic rings. The molecular formula is C13H26N2. The molecule has 0 unspecified atom stereocenters. The maximum absolute atomic E-state index is 3.79. The number of rotatable bonds is 3. The van der Waals surface area contributed by atoms with Crippen molar-refractivity contribution in [1.82, 2.24) is 10.6 Å². The second-order valence-corrected chi connectivity index (χ2v) is 5.78. The van der Waals surface area contributed by atoms with Crippen LogP contribution in [0.4, 0.5) is 0 Å². The Morgan fingerprint density at radius 3 is 2.47 bits per heavy atom. The maximum atomic E-state index is 3.79. The van der Waals surface area contributed by atoms with Crippen LogP contribution in [0.25, 0.3) is 0 Å². The summed E-state index contributed by atoms with van der Waals surface area (Å²) in [6.45, 7) is 6.13. The molecule has 0 bridgehead atoms. The van der Waals surface area contributed by atoms with Crippen molar-refractivity contribution in [3.8, 4) is 0 Å². The van der Waals surface area contributed by atoms with Gasteiger partial charge < -0.3 is 10.6 Å². The van der Waals surface area contributed by atoms with Gasteiger partial charge in [-0.1, -0.05) is 26.2 Å². The largest absolute Gasteiger partial charge is 0.317 e. The van der Waals surface area contributed by atoms with Gasteiger partial charge in [0, 0.05) is 12.6 Å². The lowest BCUT2D eigenvalue weighted by Crippen LogP contribution is -2.44. The first-order valence-corrected chi connectivity index (χ1v) is 6.73. The summed E-state index contributed by atoms with van der Waals surface area (Å²) in [5.41, 5.74) is 0.600. The highest BCUT2D eigenvalue weighted by atomic mass is 15.0. The van der Waals surface area contributed by atoms with Crippen molar-refractivity contribution in [1.29, 1.82) is 0 Å². The van der Waals surface area contributed by atoms with E-state index < -0.39 is 0 Å². The SMILES string of the molecule is CC1(CNC2CCNCC2)CCCCC1. The molecule has 0 aromatic carbocycles. The van der Waals surface area contributed by atoms with Gasteiger partial charge in [0.1, 0.15) is 0 Å². The second-order valence-electron chi connectivity index (χ2n) is 5.78. The van der Waals surface area contributed by atoms with Gasteiger partial charge in [-0.25, -0.2) is 0 Å². The summed E-state index contributed by atoms with van der Waals surface area (Å²) in [6, 6.07) is 0.782. The highest BCUT2D eigenvalue weighted by molar-refractivity contribution is 4.83. The van der Waals surface area contributed by atoms with E-state index in [9.17, 15) is 0 Å². The molecule has 0 atom stereocenters. The van der Waals surface area contributed by atoms with Crippen molar-refractivity contribution in [2.75, 3.05) is 19.6 Å². The van der Waals surface area contributed by atoms with Crippen molar-refractivity contribution in [2.45, 2.75) is 57.9 Å². The predicted octanol–water partition coefficient (Wildman–Crippen LogP) is 2.30. The van der Waals surface area contributed by atoms with Crippen molar-refractivity contribution in [3.63, 3.8) is 0 Å². The number of hydrogen-bond acceptors (Lipinski definition) is 2. The standard InChI is InChI=1S/C13H26N2/c1-13(7-3-2-4-8-13)11-15-12-5-9-14-10-6-12/h12,14-15H,2-11H2,1H3. The third kappa shape index (κ3) is 3.46. The molecule has 2 rings (SSSR count). The van der Waals surface area contributed by atoms with Gasteiger partial charge in [-0.05, 0) is 44.2 Å². The van der Waals surface area contributed by atoms with Crippen LogP contribution in [0.5, 0.6) is 0 Å². The zero-order valence-corrected chi connectivity index (χ0v) is 10.1. The van der Waals surface area contributed by atoms with Crippen LogP contribution in [-0.4, -0.2) is 25.7 Å². The van der Waals surface area contributed by atoms with Crippen molar-refractivity contribution in [3.05, 3.63) is 0 Å². The van der Waals surface area contributed by atoms with Crippen LogP contribution in [0.2, 0.25) is 0 Å². The topological polar surface area (TPSA) is 24.1 Å². The fourth-order valence-electron chi connectivity index (χ4n) is 3.00. The number of piperidine rings is 1. The molecule has 1 saturated heterocycles. The van der Waals surface area contributed by atoms with Gasteiger partial charge in [0.25, 0.3) is 0 Å².